The van der Waals surface area contributed by atoms with Crippen LogP contribution >= 0.6 is 0 Å². The second-order valence-electron chi connectivity index (χ2n) is 8.92. The highest BCUT2D eigenvalue weighted by molar-refractivity contribution is 6.09. The van der Waals surface area contributed by atoms with Gasteiger partial charge in [-0.2, -0.15) is 5.26 Å². The molecule has 3 aromatic rings. The first-order valence-corrected chi connectivity index (χ1v) is 11.9. The highest BCUT2D eigenvalue weighted by Crippen LogP contribution is 2.39. The Balaban J connectivity index is 1.55. The minimum atomic E-state index is -0.181. The van der Waals surface area contributed by atoms with Gasteiger partial charge in [-0.25, -0.2) is 0 Å². The number of fused-ring (bicyclic) bond motifs is 1. The summed E-state index contributed by atoms with van der Waals surface area (Å²) >= 11 is 0. The first kappa shape index (κ1) is 24.1. The smallest absolute Gasteiger partial charge is 0.255 e. The molecule has 4 rings (SSSR count). The zero-order valence-electron chi connectivity index (χ0n) is 20.2. The van der Waals surface area contributed by atoms with E-state index in [0.29, 0.717) is 23.8 Å². The van der Waals surface area contributed by atoms with E-state index in [0.717, 1.165) is 36.5 Å². The van der Waals surface area contributed by atoms with Crippen molar-refractivity contribution < 1.29 is 9.53 Å². The summed E-state index contributed by atoms with van der Waals surface area (Å²) in [4.78, 5) is 17.6. The molecule has 0 radical (unpaired) electrons. The Morgan fingerprint density at radius 1 is 1.09 bits per heavy atom. The lowest BCUT2D eigenvalue weighted by atomic mass is 9.68. The predicted octanol–water partition coefficient (Wildman–Crippen LogP) is 4.10. The number of aliphatic imine (C=N–C) groups is 1. The van der Waals surface area contributed by atoms with E-state index in [1.54, 1.807) is 14.2 Å². The summed E-state index contributed by atoms with van der Waals surface area (Å²) in [6.45, 7) is 0.528. The van der Waals surface area contributed by atoms with Crippen molar-refractivity contribution in [1.82, 2.24) is 16.0 Å². The van der Waals surface area contributed by atoms with Crippen LogP contribution in [0.1, 0.15) is 41.6 Å². The minimum Gasteiger partial charge on any atom is -0.496 e. The van der Waals surface area contributed by atoms with Gasteiger partial charge >= 0.3 is 0 Å². The number of hydrogen-bond donors (Lipinski definition) is 3. The third-order valence-corrected chi connectivity index (χ3v) is 6.99. The van der Waals surface area contributed by atoms with E-state index in [2.05, 4.69) is 45.2 Å². The van der Waals surface area contributed by atoms with Crippen LogP contribution in [0.5, 0.6) is 5.75 Å². The summed E-state index contributed by atoms with van der Waals surface area (Å²) in [5.74, 6) is 0.924. The number of methoxy groups -OCH3 is 1. The molecule has 1 saturated carbocycles. The van der Waals surface area contributed by atoms with Gasteiger partial charge in [-0.15, -0.1) is 0 Å². The van der Waals surface area contributed by atoms with Gasteiger partial charge in [0.1, 0.15) is 5.75 Å². The second-order valence-corrected chi connectivity index (χ2v) is 8.92. The topological polar surface area (TPSA) is 98.5 Å². The molecule has 1 fully saturated rings. The number of carbonyl (C=O) groups excluding carboxylic acids is 1. The molecule has 1 aliphatic carbocycles. The van der Waals surface area contributed by atoms with Crippen molar-refractivity contribution >= 4 is 22.6 Å². The maximum absolute atomic E-state index is 13.5. The van der Waals surface area contributed by atoms with Crippen LogP contribution in [-0.4, -0.2) is 38.6 Å². The maximum Gasteiger partial charge on any atom is 0.255 e. The van der Waals surface area contributed by atoms with Crippen LogP contribution in [0.2, 0.25) is 0 Å². The van der Waals surface area contributed by atoms with Crippen molar-refractivity contribution in [3.63, 3.8) is 0 Å². The highest BCUT2D eigenvalue weighted by atomic mass is 16.5. The van der Waals surface area contributed by atoms with Crippen molar-refractivity contribution in [3.8, 4) is 11.9 Å². The average Bonchev–Trinajstić information content (AvgIpc) is 2.92. The molecule has 1 amide bonds. The van der Waals surface area contributed by atoms with E-state index in [1.807, 2.05) is 48.7 Å². The van der Waals surface area contributed by atoms with Gasteiger partial charge < -0.3 is 15.4 Å². The summed E-state index contributed by atoms with van der Waals surface area (Å²) in [7, 11) is 3.25. The molecule has 0 aliphatic heterocycles. The summed E-state index contributed by atoms with van der Waals surface area (Å²) in [6, 6.07) is 22.3. The normalized spacial score (nSPS) is 20.0. The largest absolute Gasteiger partial charge is 0.496 e. The fourth-order valence-electron chi connectivity index (χ4n) is 5.07. The van der Waals surface area contributed by atoms with Crippen molar-refractivity contribution in [2.45, 2.75) is 37.1 Å². The zero-order valence-corrected chi connectivity index (χ0v) is 20.2. The Kier molecular flexibility index (Phi) is 7.51. The van der Waals surface area contributed by atoms with E-state index in [-0.39, 0.29) is 17.4 Å². The lowest BCUT2D eigenvalue weighted by molar-refractivity contribution is 0.0934. The molecule has 3 aromatic carbocycles. The van der Waals surface area contributed by atoms with Gasteiger partial charge in [0.25, 0.3) is 5.91 Å². The number of nitrogens with zero attached hydrogens (tertiary/aromatic N) is 2. The van der Waals surface area contributed by atoms with E-state index in [9.17, 15) is 4.79 Å². The van der Waals surface area contributed by atoms with Crippen molar-refractivity contribution in [1.29, 1.82) is 5.26 Å². The van der Waals surface area contributed by atoms with Gasteiger partial charge in [0.05, 0.1) is 12.7 Å². The van der Waals surface area contributed by atoms with E-state index in [4.69, 9.17) is 10.00 Å². The molecule has 0 atom stereocenters. The van der Waals surface area contributed by atoms with Gasteiger partial charge in [-0.1, -0.05) is 60.7 Å². The lowest BCUT2D eigenvalue weighted by Crippen LogP contribution is -2.49. The standard InChI is InChI=1S/C28H31N5O2/c1-30-27(32-19-29)33-22-14-16-28(17-15-22,21-9-4-3-5-10-21)18-31-26(34)25-23-11-7-6-8-20(23)12-13-24(25)35-2/h3-13,22H,14-18H2,1-2H3,(H,31,34)(H2,30,32,33). The van der Waals surface area contributed by atoms with Gasteiger partial charge in [0, 0.05) is 25.0 Å². The van der Waals surface area contributed by atoms with Gasteiger partial charge in [-0.3, -0.25) is 15.1 Å². The van der Waals surface area contributed by atoms with Crippen LogP contribution < -0.4 is 20.7 Å². The third kappa shape index (κ3) is 5.22. The van der Waals surface area contributed by atoms with E-state index >= 15 is 0 Å². The average molecular weight is 470 g/mol. The molecule has 0 heterocycles. The number of rotatable bonds is 6. The fourth-order valence-corrected chi connectivity index (χ4v) is 5.07. The van der Waals surface area contributed by atoms with Crippen LogP contribution in [0.15, 0.2) is 71.7 Å². The Labute approximate surface area is 206 Å². The molecule has 7 heteroatoms. The molecule has 0 unspecified atom stereocenters. The number of guanidine groups is 1. The molecule has 180 valence electrons. The van der Waals surface area contributed by atoms with Crippen molar-refractivity contribution in [3.05, 3.63) is 77.9 Å². The number of hydrogen-bond acceptors (Lipinski definition) is 4. The number of nitriles is 1. The molecule has 1 aliphatic rings. The predicted molar refractivity (Wildman–Crippen MR) is 138 cm³/mol. The summed E-state index contributed by atoms with van der Waals surface area (Å²) in [6.07, 6.45) is 5.50. The summed E-state index contributed by atoms with van der Waals surface area (Å²) in [5, 5.41) is 20.0. The highest BCUT2D eigenvalue weighted by Gasteiger charge is 2.37. The van der Waals surface area contributed by atoms with Crippen LogP contribution in [0.25, 0.3) is 10.8 Å². The van der Waals surface area contributed by atoms with Gasteiger partial charge in [0.15, 0.2) is 6.19 Å². The molecule has 35 heavy (non-hydrogen) atoms. The molecule has 3 N–H and O–H groups in total. The number of amides is 1. The van der Waals surface area contributed by atoms with Gasteiger partial charge in [0.2, 0.25) is 5.96 Å². The van der Waals surface area contributed by atoms with Crippen LogP contribution in [0.3, 0.4) is 0 Å². The SMILES string of the molecule is CN=C(NC#N)NC1CCC(CNC(=O)c2c(OC)ccc3ccccc23)(c2ccccc2)CC1. The minimum absolute atomic E-state index is 0.132. The number of nitrogens with one attached hydrogen (secondary N) is 3. The third-order valence-electron chi connectivity index (χ3n) is 6.99. The van der Waals surface area contributed by atoms with Gasteiger partial charge in [-0.05, 0) is 48.1 Å². The number of ether oxygens (including phenoxy) is 1. The fraction of sp³-hybridized carbons (Fsp3) is 0.321. The Morgan fingerprint density at radius 2 is 1.80 bits per heavy atom. The molecular weight excluding hydrogens is 438 g/mol. The molecule has 0 aromatic heterocycles. The van der Waals surface area contributed by atoms with Crippen molar-refractivity contribution in [2.24, 2.45) is 4.99 Å². The molecular formula is C28H31N5O2. The maximum atomic E-state index is 13.5. The second kappa shape index (κ2) is 10.9. The number of carbonyl (C=O) groups is 1. The Hall–Kier alpha value is -4.05. The van der Waals surface area contributed by atoms with Crippen LogP contribution in [0, 0.1) is 11.5 Å². The Bertz CT molecular complexity index is 1240. The molecule has 7 nitrogen and oxygen atoms in total. The van der Waals surface area contributed by atoms with E-state index in [1.165, 1.54) is 5.56 Å². The zero-order chi connectivity index (χ0) is 24.7. The van der Waals surface area contributed by atoms with Crippen LogP contribution in [-0.2, 0) is 5.41 Å². The van der Waals surface area contributed by atoms with E-state index < -0.39 is 0 Å². The first-order valence-electron chi connectivity index (χ1n) is 11.9. The molecule has 0 spiro atoms. The molecule has 0 saturated heterocycles. The number of benzene rings is 3. The molecule has 0 bridgehead atoms. The summed E-state index contributed by atoms with van der Waals surface area (Å²) in [5.41, 5.74) is 1.61. The first-order chi connectivity index (χ1) is 17.1. The Morgan fingerprint density at radius 3 is 2.49 bits per heavy atom. The van der Waals surface area contributed by atoms with Crippen molar-refractivity contribution in [2.75, 3.05) is 20.7 Å². The summed E-state index contributed by atoms with van der Waals surface area (Å²) < 4.78 is 5.55. The lowest BCUT2D eigenvalue weighted by Gasteiger charge is -2.41. The van der Waals surface area contributed by atoms with Crippen LogP contribution in [0.4, 0.5) is 0 Å². The monoisotopic (exact) mass is 469 g/mol. The quantitative estimate of drug-likeness (QED) is 0.218.